The summed E-state index contributed by atoms with van der Waals surface area (Å²) in [5, 5.41) is 8.33. The van der Waals surface area contributed by atoms with E-state index in [1.54, 1.807) is 4.68 Å². The number of rotatable bonds is 2. The van der Waals surface area contributed by atoms with Crippen LogP contribution in [0.1, 0.15) is 5.56 Å². The molecule has 0 fully saturated rings. The van der Waals surface area contributed by atoms with Crippen LogP contribution < -0.4 is 5.73 Å². The maximum Gasteiger partial charge on any atom is 0.113 e. The summed E-state index contributed by atoms with van der Waals surface area (Å²) in [5.41, 5.74) is 10.5. The van der Waals surface area contributed by atoms with Gasteiger partial charge in [0, 0.05) is 11.3 Å². The summed E-state index contributed by atoms with van der Waals surface area (Å²) >= 11 is 0. The van der Waals surface area contributed by atoms with Crippen LogP contribution in [0.2, 0.25) is 0 Å². The maximum absolute atomic E-state index is 5.77. The van der Waals surface area contributed by atoms with Crippen molar-refractivity contribution in [1.29, 1.82) is 0 Å². The van der Waals surface area contributed by atoms with Crippen molar-refractivity contribution in [2.75, 3.05) is 5.73 Å². The Labute approximate surface area is 111 Å². The Morgan fingerprint density at radius 2 is 1.84 bits per heavy atom. The van der Waals surface area contributed by atoms with Gasteiger partial charge >= 0.3 is 0 Å². The van der Waals surface area contributed by atoms with Crippen molar-refractivity contribution < 1.29 is 0 Å². The summed E-state index contributed by atoms with van der Waals surface area (Å²) in [6.07, 6.45) is 1.90. The zero-order valence-electron chi connectivity index (χ0n) is 10.6. The second-order valence-corrected chi connectivity index (χ2v) is 4.51. The number of nitrogens with two attached hydrogens (primary N) is 1. The van der Waals surface area contributed by atoms with Crippen molar-refractivity contribution in [2.24, 2.45) is 0 Å². The molecular weight excluding hydrogens is 236 g/mol. The maximum atomic E-state index is 5.77. The topological polar surface area (TPSA) is 56.7 Å². The summed E-state index contributed by atoms with van der Waals surface area (Å²) in [4.78, 5) is 0. The molecule has 4 nitrogen and oxygen atoms in total. The van der Waals surface area contributed by atoms with E-state index in [1.807, 2.05) is 42.6 Å². The van der Waals surface area contributed by atoms with Gasteiger partial charge in [-0.25, -0.2) is 4.68 Å². The van der Waals surface area contributed by atoms with Gasteiger partial charge in [0.15, 0.2) is 0 Å². The molecule has 0 unspecified atom stereocenters. The van der Waals surface area contributed by atoms with Gasteiger partial charge in [-0.2, -0.15) is 0 Å². The number of nitrogens with zero attached hydrogens (tertiary/aromatic N) is 3. The molecule has 3 aromatic rings. The molecule has 2 aromatic carbocycles. The molecule has 2 N–H and O–H groups in total. The minimum absolute atomic E-state index is 0.713. The van der Waals surface area contributed by atoms with Crippen molar-refractivity contribution in [3.05, 3.63) is 60.3 Å². The Balaban J connectivity index is 1.97. The van der Waals surface area contributed by atoms with Gasteiger partial charge in [-0.3, -0.25) is 0 Å². The van der Waals surface area contributed by atoms with Gasteiger partial charge in [0.1, 0.15) is 5.69 Å². The third-order valence-electron chi connectivity index (χ3n) is 2.98. The molecule has 1 heterocycles. The van der Waals surface area contributed by atoms with E-state index >= 15 is 0 Å². The first-order chi connectivity index (χ1) is 9.22. The fourth-order valence-electron chi connectivity index (χ4n) is 1.91. The van der Waals surface area contributed by atoms with Crippen LogP contribution in [0.15, 0.2) is 54.7 Å². The van der Waals surface area contributed by atoms with Crippen LogP contribution in [0.4, 0.5) is 5.69 Å². The van der Waals surface area contributed by atoms with Crippen LogP contribution in [0.25, 0.3) is 16.9 Å². The van der Waals surface area contributed by atoms with Gasteiger partial charge in [0.05, 0.1) is 11.9 Å². The van der Waals surface area contributed by atoms with Crippen molar-refractivity contribution in [3.8, 4) is 16.9 Å². The van der Waals surface area contributed by atoms with Crippen molar-refractivity contribution in [3.63, 3.8) is 0 Å². The number of hydrogen-bond donors (Lipinski definition) is 1. The van der Waals surface area contributed by atoms with Crippen LogP contribution in [-0.4, -0.2) is 15.0 Å². The molecule has 19 heavy (non-hydrogen) atoms. The average molecular weight is 250 g/mol. The van der Waals surface area contributed by atoms with Crippen molar-refractivity contribution >= 4 is 5.69 Å². The number of aromatic nitrogens is 3. The van der Waals surface area contributed by atoms with Gasteiger partial charge in [0.2, 0.25) is 0 Å². The van der Waals surface area contributed by atoms with Gasteiger partial charge in [-0.1, -0.05) is 41.1 Å². The molecule has 0 aliphatic rings. The average Bonchev–Trinajstić information content (AvgIpc) is 2.89. The number of hydrogen-bond acceptors (Lipinski definition) is 3. The molecular formula is C15H14N4. The first-order valence-electron chi connectivity index (χ1n) is 6.08. The zero-order valence-corrected chi connectivity index (χ0v) is 10.6. The Hall–Kier alpha value is -2.62. The van der Waals surface area contributed by atoms with E-state index in [0.717, 1.165) is 16.9 Å². The van der Waals surface area contributed by atoms with E-state index in [2.05, 4.69) is 29.4 Å². The number of anilines is 1. The number of aryl methyl sites for hydroxylation is 1. The second-order valence-electron chi connectivity index (χ2n) is 4.51. The highest BCUT2D eigenvalue weighted by molar-refractivity contribution is 5.59. The van der Waals surface area contributed by atoms with Crippen molar-refractivity contribution in [1.82, 2.24) is 15.0 Å². The Morgan fingerprint density at radius 3 is 2.58 bits per heavy atom. The third-order valence-corrected chi connectivity index (χ3v) is 2.98. The van der Waals surface area contributed by atoms with E-state index in [-0.39, 0.29) is 0 Å². The minimum Gasteiger partial charge on any atom is -0.399 e. The molecule has 0 atom stereocenters. The van der Waals surface area contributed by atoms with Gasteiger partial charge in [-0.15, -0.1) is 5.10 Å². The SMILES string of the molecule is Cc1ccc(-c2cn(-c3cccc(N)c3)nn2)cc1. The first-order valence-corrected chi connectivity index (χ1v) is 6.08. The minimum atomic E-state index is 0.713. The fourth-order valence-corrected chi connectivity index (χ4v) is 1.91. The largest absolute Gasteiger partial charge is 0.399 e. The molecule has 0 radical (unpaired) electrons. The summed E-state index contributed by atoms with van der Waals surface area (Å²) < 4.78 is 1.73. The van der Waals surface area contributed by atoms with Crippen LogP contribution >= 0.6 is 0 Å². The number of benzene rings is 2. The lowest BCUT2D eigenvalue weighted by molar-refractivity contribution is 0.804. The molecule has 0 amide bonds. The number of nitrogen functional groups attached to an aromatic ring is 1. The van der Waals surface area contributed by atoms with E-state index < -0.39 is 0 Å². The van der Waals surface area contributed by atoms with Gasteiger partial charge in [0.25, 0.3) is 0 Å². The highest BCUT2D eigenvalue weighted by Crippen LogP contribution is 2.18. The molecule has 0 bridgehead atoms. The highest BCUT2D eigenvalue weighted by atomic mass is 15.4. The van der Waals surface area contributed by atoms with Crippen LogP contribution in [-0.2, 0) is 0 Å². The Kier molecular flexibility index (Phi) is 2.76. The monoisotopic (exact) mass is 250 g/mol. The van der Waals surface area contributed by atoms with Crippen LogP contribution in [0.3, 0.4) is 0 Å². The van der Waals surface area contributed by atoms with Crippen LogP contribution in [0, 0.1) is 6.92 Å². The quantitative estimate of drug-likeness (QED) is 0.711. The summed E-state index contributed by atoms with van der Waals surface area (Å²) in [5.74, 6) is 0. The summed E-state index contributed by atoms with van der Waals surface area (Å²) in [6, 6.07) is 15.8. The summed E-state index contributed by atoms with van der Waals surface area (Å²) in [6.45, 7) is 2.06. The van der Waals surface area contributed by atoms with E-state index in [9.17, 15) is 0 Å². The molecule has 0 aliphatic carbocycles. The molecule has 4 heteroatoms. The molecule has 1 aromatic heterocycles. The Morgan fingerprint density at radius 1 is 1.05 bits per heavy atom. The molecule has 94 valence electrons. The lowest BCUT2D eigenvalue weighted by atomic mass is 10.1. The predicted octanol–water partition coefficient (Wildman–Crippen LogP) is 2.82. The lowest BCUT2D eigenvalue weighted by Crippen LogP contribution is -1.95. The molecule has 0 saturated carbocycles. The molecule has 0 saturated heterocycles. The van der Waals surface area contributed by atoms with Gasteiger partial charge < -0.3 is 5.73 Å². The predicted molar refractivity (Wildman–Crippen MR) is 75.9 cm³/mol. The lowest BCUT2D eigenvalue weighted by Gasteiger charge is -2.00. The molecule has 0 spiro atoms. The van der Waals surface area contributed by atoms with E-state index in [0.29, 0.717) is 5.69 Å². The smallest absolute Gasteiger partial charge is 0.113 e. The highest BCUT2D eigenvalue weighted by Gasteiger charge is 2.05. The molecule has 0 aliphatic heterocycles. The van der Waals surface area contributed by atoms with E-state index in [1.165, 1.54) is 5.56 Å². The fraction of sp³-hybridized carbons (Fsp3) is 0.0667. The first kappa shape index (κ1) is 11.5. The normalized spacial score (nSPS) is 10.6. The Bertz CT molecular complexity index is 698. The standard InChI is InChI=1S/C15H14N4/c1-11-5-7-12(8-6-11)15-10-19(18-17-15)14-4-2-3-13(16)9-14/h2-10H,16H2,1H3. The van der Waals surface area contributed by atoms with Crippen molar-refractivity contribution in [2.45, 2.75) is 6.92 Å². The molecule has 3 rings (SSSR count). The summed E-state index contributed by atoms with van der Waals surface area (Å²) in [7, 11) is 0. The van der Waals surface area contributed by atoms with E-state index in [4.69, 9.17) is 5.73 Å². The zero-order chi connectivity index (χ0) is 13.2. The van der Waals surface area contributed by atoms with Crippen LogP contribution in [0.5, 0.6) is 0 Å². The third kappa shape index (κ3) is 2.33. The van der Waals surface area contributed by atoms with Gasteiger partial charge in [-0.05, 0) is 25.1 Å². The second kappa shape index (κ2) is 4.57.